The third kappa shape index (κ3) is 3.88. The summed E-state index contributed by atoms with van der Waals surface area (Å²) in [6.45, 7) is 4.96. The van der Waals surface area contributed by atoms with Crippen molar-refractivity contribution in [1.82, 2.24) is 0 Å². The first-order chi connectivity index (χ1) is 9.20. The topological polar surface area (TPSA) is 21.3 Å². The van der Waals surface area contributed by atoms with E-state index in [0.29, 0.717) is 0 Å². The molecular weight excluding hydrogens is 278 g/mol. The van der Waals surface area contributed by atoms with E-state index in [1.807, 2.05) is 30.3 Å². The van der Waals surface area contributed by atoms with Crippen molar-refractivity contribution in [2.24, 2.45) is 0 Å². The van der Waals surface area contributed by atoms with E-state index in [-0.39, 0.29) is 6.04 Å². The number of ether oxygens (including phenoxy) is 1. The second-order valence-electron chi connectivity index (χ2n) is 4.35. The van der Waals surface area contributed by atoms with Crippen LogP contribution >= 0.6 is 22.9 Å². The van der Waals surface area contributed by atoms with Crippen molar-refractivity contribution in [3.05, 3.63) is 45.6 Å². The van der Waals surface area contributed by atoms with Gasteiger partial charge in [-0.3, -0.25) is 0 Å². The fraction of sp³-hybridized carbons (Fsp3) is 0.333. The zero-order valence-corrected chi connectivity index (χ0v) is 12.7. The summed E-state index contributed by atoms with van der Waals surface area (Å²) in [5, 5.41) is 3.48. The molecule has 1 unspecified atom stereocenters. The Labute approximate surface area is 123 Å². The average molecular weight is 296 g/mol. The van der Waals surface area contributed by atoms with Crippen LogP contribution in [0.15, 0.2) is 36.4 Å². The highest BCUT2D eigenvalue weighted by molar-refractivity contribution is 7.16. The van der Waals surface area contributed by atoms with Gasteiger partial charge in [0.1, 0.15) is 5.75 Å². The number of benzene rings is 1. The molecule has 0 bridgehead atoms. The van der Waals surface area contributed by atoms with Gasteiger partial charge in [-0.15, -0.1) is 11.3 Å². The Hall–Kier alpha value is -1.19. The highest BCUT2D eigenvalue weighted by Gasteiger charge is 2.10. The van der Waals surface area contributed by atoms with Crippen LogP contribution in [0, 0.1) is 0 Å². The van der Waals surface area contributed by atoms with Crippen LogP contribution in [0.2, 0.25) is 4.34 Å². The minimum atomic E-state index is 0.212. The molecule has 19 heavy (non-hydrogen) atoms. The van der Waals surface area contributed by atoms with E-state index < -0.39 is 0 Å². The number of rotatable bonds is 6. The Balaban J connectivity index is 2.09. The van der Waals surface area contributed by atoms with Gasteiger partial charge in [-0.25, -0.2) is 0 Å². The van der Waals surface area contributed by atoms with Crippen LogP contribution in [0.3, 0.4) is 0 Å². The van der Waals surface area contributed by atoms with Gasteiger partial charge in [-0.1, -0.05) is 30.7 Å². The summed E-state index contributed by atoms with van der Waals surface area (Å²) in [7, 11) is 0. The fourth-order valence-electron chi connectivity index (χ4n) is 1.79. The molecule has 0 saturated carbocycles. The van der Waals surface area contributed by atoms with Crippen LogP contribution in [0.5, 0.6) is 5.75 Å². The zero-order valence-electron chi connectivity index (χ0n) is 11.2. The van der Waals surface area contributed by atoms with Gasteiger partial charge < -0.3 is 10.1 Å². The van der Waals surface area contributed by atoms with E-state index in [4.69, 9.17) is 16.3 Å². The molecule has 2 nitrogen and oxygen atoms in total. The molecule has 0 radical (unpaired) electrons. The Bertz CT molecular complexity index is 526. The molecule has 102 valence electrons. The maximum absolute atomic E-state index is 5.97. The summed E-state index contributed by atoms with van der Waals surface area (Å²) in [6.07, 6.45) is 1.00. The number of hydrogen-bond acceptors (Lipinski definition) is 3. The number of hydrogen-bond donors (Lipinski definition) is 1. The molecule has 0 amide bonds. The largest absolute Gasteiger partial charge is 0.491 e. The van der Waals surface area contributed by atoms with E-state index in [2.05, 4.69) is 25.2 Å². The Morgan fingerprint density at radius 2 is 2.05 bits per heavy atom. The number of halogens is 1. The Kier molecular flexibility index (Phi) is 5.11. The summed E-state index contributed by atoms with van der Waals surface area (Å²) >= 11 is 7.57. The fourth-order valence-corrected chi connectivity index (χ4v) is 2.85. The predicted molar refractivity (Wildman–Crippen MR) is 83.6 cm³/mol. The third-order valence-electron chi connectivity index (χ3n) is 2.74. The smallest absolute Gasteiger partial charge is 0.142 e. The van der Waals surface area contributed by atoms with Crippen LogP contribution < -0.4 is 10.1 Å². The molecular formula is C15H18ClNOS. The molecule has 2 rings (SSSR count). The summed E-state index contributed by atoms with van der Waals surface area (Å²) in [5.41, 5.74) is 1.02. The zero-order chi connectivity index (χ0) is 13.7. The highest BCUT2D eigenvalue weighted by Crippen LogP contribution is 2.32. The lowest BCUT2D eigenvalue weighted by molar-refractivity contribution is 0.318. The van der Waals surface area contributed by atoms with Crippen LogP contribution in [0.1, 0.15) is 31.2 Å². The van der Waals surface area contributed by atoms with E-state index in [9.17, 15) is 0 Å². The molecule has 1 atom stereocenters. The second kappa shape index (κ2) is 6.83. The first-order valence-electron chi connectivity index (χ1n) is 6.44. The van der Waals surface area contributed by atoms with Crippen LogP contribution in [-0.2, 0) is 0 Å². The summed E-state index contributed by atoms with van der Waals surface area (Å²) in [4.78, 5) is 1.22. The second-order valence-corrected chi connectivity index (χ2v) is 6.10. The van der Waals surface area contributed by atoms with Gasteiger partial charge in [-0.2, -0.15) is 0 Å². The normalized spacial score (nSPS) is 12.2. The third-order valence-corrected chi connectivity index (χ3v) is 4.16. The van der Waals surface area contributed by atoms with Crippen LogP contribution in [-0.4, -0.2) is 6.61 Å². The lowest BCUT2D eigenvalue weighted by Crippen LogP contribution is -2.07. The average Bonchev–Trinajstić information content (AvgIpc) is 2.84. The van der Waals surface area contributed by atoms with Crippen molar-refractivity contribution in [2.75, 3.05) is 11.9 Å². The number of anilines is 1. The van der Waals surface area contributed by atoms with Crippen molar-refractivity contribution >= 4 is 28.6 Å². The van der Waals surface area contributed by atoms with Crippen molar-refractivity contribution < 1.29 is 4.74 Å². The van der Waals surface area contributed by atoms with Gasteiger partial charge in [0.05, 0.1) is 22.7 Å². The molecule has 0 aliphatic rings. The molecule has 0 fully saturated rings. The van der Waals surface area contributed by atoms with E-state index in [1.54, 1.807) is 11.3 Å². The highest BCUT2D eigenvalue weighted by atomic mass is 35.5. The van der Waals surface area contributed by atoms with Gasteiger partial charge in [0.15, 0.2) is 0 Å². The quantitative estimate of drug-likeness (QED) is 0.774. The van der Waals surface area contributed by atoms with Gasteiger partial charge in [0.2, 0.25) is 0 Å². The summed E-state index contributed by atoms with van der Waals surface area (Å²) < 4.78 is 6.56. The minimum absolute atomic E-state index is 0.212. The van der Waals surface area contributed by atoms with Gasteiger partial charge in [-0.05, 0) is 37.6 Å². The SMILES string of the molecule is CCCOc1ccccc1NC(C)c1ccc(Cl)s1. The molecule has 1 aromatic heterocycles. The van der Waals surface area contributed by atoms with E-state index >= 15 is 0 Å². The first kappa shape index (κ1) is 14.2. The lowest BCUT2D eigenvalue weighted by atomic mass is 10.2. The van der Waals surface area contributed by atoms with E-state index in [1.165, 1.54) is 4.88 Å². The van der Waals surface area contributed by atoms with Crippen molar-refractivity contribution in [1.29, 1.82) is 0 Å². The maximum Gasteiger partial charge on any atom is 0.142 e. The first-order valence-corrected chi connectivity index (χ1v) is 7.63. The lowest BCUT2D eigenvalue weighted by Gasteiger charge is -2.17. The van der Waals surface area contributed by atoms with Crippen molar-refractivity contribution in [3.63, 3.8) is 0 Å². The molecule has 1 heterocycles. The van der Waals surface area contributed by atoms with E-state index in [0.717, 1.165) is 28.8 Å². The number of nitrogens with one attached hydrogen (secondary N) is 1. The number of thiophene rings is 1. The Morgan fingerprint density at radius 1 is 1.26 bits per heavy atom. The Morgan fingerprint density at radius 3 is 2.74 bits per heavy atom. The van der Waals surface area contributed by atoms with Crippen molar-refractivity contribution in [2.45, 2.75) is 26.3 Å². The summed E-state index contributed by atoms with van der Waals surface area (Å²) in [6, 6.07) is 12.2. The molecule has 0 aliphatic heterocycles. The maximum atomic E-state index is 5.97. The molecule has 2 aromatic rings. The predicted octanol–water partition coefficient (Wildman–Crippen LogP) is 5.36. The van der Waals surface area contributed by atoms with Gasteiger partial charge >= 0.3 is 0 Å². The van der Waals surface area contributed by atoms with Crippen LogP contribution in [0.25, 0.3) is 0 Å². The molecule has 1 N–H and O–H groups in total. The van der Waals surface area contributed by atoms with Crippen molar-refractivity contribution in [3.8, 4) is 5.75 Å². The molecule has 0 aliphatic carbocycles. The molecule has 0 saturated heterocycles. The molecule has 4 heteroatoms. The molecule has 0 spiro atoms. The number of para-hydroxylation sites is 2. The monoisotopic (exact) mass is 295 g/mol. The van der Waals surface area contributed by atoms with Gasteiger partial charge in [0.25, 0.3) is 0 Å². The minimum Gasteiger partial charge on any atom is -0.491 e. The van der Waals surface area contributed by atoms with Gasteiger partial charge in [0, 0.05) is 4.88 Å². The standard InChI is InChI=1S/C15H18ClNOS/c1-3-10-18-13-7-5-4-6-12(13)17-11(2)14-8-9-15(16)19-14/h4-9,11,17H,3,10H2,1-2H3. The van der Waals surface area contributed by atoms with Crippen LogP contribution in [0.4, 0.5) is 5.69 Å². The molecule has 1 aromatic carbocycles. The summed E-state index contributed by atoms with van der Waals surface area (Å²) in [5.74, 6) is 0.902.